The monoisotopic (exact) mass is 345 g/mol. The van der Waals surface area contributed by atoms with Gasteiger partial charge < -0.3 is 10.0 Å². The SMILES string of the molecule is CC1(C(=O)O)CCCN(C(=O)CCCc2csc3ccccc23)C1. The van der Waals surface area contributed by atoms with Crippen molar-refractivity contribution in [2.45, 2.75) is 39.0 Å². The molecular formula is C19H23NO3S. The first kappa shape index (κ1) is 17.0. The second kappa shape index (κ2) is 6.93. The third-order valence-electron chi connectivity index (χ3n) is 4.96. The van der Waals surface area contributed by atoms with Gasteiger partial charge in [0, 0.05) is 24.2 Å². The Morgan fingerprint density at radius 1 is 1.33 bits per heavy atom. The van der Waals surface area contributed by atoms with Crippen LogP contribution < -0.4 is 0 Å². The molecule has 1 amide bonds. The number of thiophene rings is 1. The highest BCUT2D eigenvalue weighted by Crippen LogP contribution is 2.30. The van der Waals surface area contributed by atoms with Crippen LogP contribution in [0.2, 0.25) is 0 Å². The van der Waals surface area contributed by atoms with Crippen LogP contribution in [0, 0.1) is 5.41 Å². The van der Waals surface area contributed by atoms with Gasteiger partial charge in [-0.2, -0.15) is 0 Å². The zero-order chi connectivity index (χ0) is 17.2. The van der Waals surface area contributed by atoms with E-state index in [1.807, 2.05) is 12.1 Å². The minimum absolute atomic E-state index is 0.0849. The molecule has 0 saturated carbocycles. The molecule has 1 fully saturated rings. The van der Waals surface area contributed by atoms with E-state index in [0.717, 1.165) is 19.3 Å². The van der Waals surface area contributed by atoms with Crippen LogP contribution in [0.15, 0.2) is 29.6 Å². The molecule has 1 aromatic heterocycles. The van der Waals surface area contributed by atoms with Gasteiger partial charge in [-0.15, -0.1) is 11.3 Å². The molecule has 4 nitrogen and oxygen atoms in total. The van der Waals surface area contributed by atoms with Gasteiger partial charge in [0.1, 0.15) is 0 Å². The second-order valence-corrected chi connectivity index (χ2v) is 7.81. The average molecular weight is 345 g/mol. The standard InChI is InChI=1S/C19H23NO3S/c1-19(18(22)23)10-5-11-20(13-19)17(21)9-4-6-14-12-24-16-8-3-2-7-15(14)16/h2-3,7-8,12H,4-6,9-11,13H2,1H3,(H,22,23). The zero-order valence-electron chi connectivity index (χ0n) is 14.0. The molecule has 1 atom stereocenters. The van der Waals surface area contributed by atoms with Gasteiger partial charge in [-0.25, -0.2) is 0 Å². The summed E-state index contributed by atoms with van der Waals surface area (Å²) in [5.74, 6) is -0.716. The van der Waals surface area contributed by atoms with E-state index in [9.17, 15) is 14.7 Å². The summed E-state index contributed by atoms with van der Waals surface area (Å²) in [6.07, 6.45) is 3.59. The van der Waals surface area contributed by atoms with Crippen molar-refractivity contribution < 1.29 is 14.7 Å². The number of piperidine rings is 1. The van der Waals surface area contributed by atoms with Gasteiger partial charge in [0.25, 0.3) is 0 Å². The lowest BCUT2D eigenvalue weighted by Crippen LogP contribution is -2.48. The Labute approximate surface area is 146 Å². The quantitative estimate of drug-likeness (QED) is 0.893. The van der Waals surface area contributed by atoms with E-state index in [2.05, 4.69) is 17.5 Å². The first-order chi connectivity index (χ1) is 11.5. The summed E-state index contributed by atoms with van der Waals surface area (Å²) in [5, 5.41) is 12.8. The number of carbonyl (C=O) groups excluding carboxylic acids is 1. The van der Waals surface area contributed by atoms with Gasteiger partial charge in [0.15, 0.2) is 0 Å². The molecule has 24 heavy (non-hydrogen) atoms. The fourth-order valence-electron chi connectivity index (χ4n) is 3.44. The number of carboxylic acids is 1. The van der Waals surface area contributed by atoms with Crippen molar-refractivity contribution in [1.29, 1.82) is 0 Å². The number of rotatable bonds is 5. The molecule has 1 N–H and O–H groups in total. The molecule has 0 bridgehead atoms. The van der Waals surface area contributed by atoms with Crippen molar-refractivity contribution in [1.82, 2.24) is 4.90 Å². The van der Waals surface area contributed by atoms with Crippen molar-refractivity contribution in [2.24, 2.45) is 5.41 Å². The Balaban J connectivity index is 1.55. The lowest BCUT2D eigenvalue weighted by molar-refractivity contribution is -0.153. The van der Waals surface area contributed by atoms with E-state index >= 15 is 0 Å². The Morgan fingerprint density at radius 3 is 2.92 bits per heavy atom. The average Bonchev–Trinajstić information content (AvgIpc) is 2.98. The maximum absolute atomic E-state index is 12.4. The molecule has 0 spiro atoms. The normalized spacial score (nSPS) is 21.1. The van der Waals surface area contributed by atoms with Crippen LogP contribution in [0.4, 0.5) is 0 Å². The molecule has 128 valence electrons. The summed E-state index contributed by atoms with van der Waals surface area (Å²) in [5.41, 5.74) is 0.509. The van der Waals surface area contributed by atoms with Crippen LogP contribution in [-0.4, -0.2) is 35.0 Å². The minimum atomic E-state index is -0.801. The number of aliphatic carboxylic acids is 1. The molecule has 1 aliphatic rings. The molecular weight excluding hydrogens is 322 g/mol. The minimum Gasteiger partial charge on any atom is -0.481 e. The number of likely N-dealkylation sites (tertiary alicyclic amines) is 1. The van der Waals surface area contributed by atoms with Crippen LogP contribution in [-0.2, 0) is 16.0 Å². The predicted molar refractivity (Wildman–Crippen MR) is 96.3 cm³/mol. The third-order valence-corrected chi connectivity index (χ3v) is 5.98. The van der Waals surface area contributed by atoms with Crippen molar-refractivity contribution >= 4 is 33.3 Å². The van der Waals surface area contributed by atoms with Crippen molar-refractivity contribution in [2.75, 3.05) is 13.1 Å². The molecule has 1 saturated heterocycles. The first-order valence-electron chi connectivity index (χ1n) is 8.46. The van der Waals surface area contributed by atoms with E-state index < -0.39 is 11.4 Å². The molecule has 1 aliphatic heterocycles. The summed E-state index contributed by atoms with van der Waals surface area (Å²) >= 11 is 1.74. The van der Waals surface area contributed by atoms with Crippen LogP contribution in [0.1, 0.15) is 38.2 Å². The highest BCUT2D eigenvalue weighted by atomic mass is 32.1. The molecule has 1 aromatic carbocycles. The number of carbonyl (C=O) groups is 2. The molecule has 2 heterocycles. The number of aryl methyl sites for hydroxylation is 1. The van der Waals surface area contributed by atoms with Gasteiger partial charge in [-0.3, -0.25) is 9.59 Å². The van der Waals surface area contributed by atoms with Crippen molar-refractivity contribution in [3.8, 4) is 0 Å². The largest absolute Gasteiger partial charge is 0.481 e. The Bertz CT molecular complexity index is 754. The number of carboxylic acid groups (broad SMARTS) is 1. The van der Waals surface area contributed by atoms with Gasteiger partial charge in [-0.05, 0) is 55.0 Å². The third kappa shape index (κ3) is 3.46. The summed E-state index contributed by atoms with van der Waals surface area (Å²) in [7, 11) is 0. The second-order valence-electron chi connectivity index (χ2n) is 6.90. The predicted octanol–water partition coefficient (Wildman–Crippen LogP) is 3.94. The lowest BCUT2D eigenvalue weighted by Gasteiger charge is -2.37. The smallest absolute Gasteiger partial charge is 0.311 e. The maximum atomic E-state index is 12.4. The van der Waals surface area contributed by atoms with Crippen molar-refractivity contribution in [3.05, 3.63) is 35.2 Å². The number of hydrogen-bond acceptors (Lipinski definition) is 3. The molecule has 5 heteroatoms. The van der Waals surface area contributed by atoms with Crippen LogP contribution >= 0.6 is 11.3 Å². The van der Waals surface area contributed by atoms with E-state index in [0.29, 0.717) is 25.9 Å². The fraction of sp³-hybridized carbons (Fsp3) is 0.474. The molecule has 3 rings (SSSR count). The number of benzene rings is 1. The van der Waals surface area contributed by atoms with Gasteiger partial charge in [0.2, 0.25) is 5.91 Å². The van der Waals surface area contributed by atoms with Gasteiger partial charge >= 0.3 is 5.97 Å². The summed E-state index contributed by atoms with van der Waals surface area (Å²) in [6, 6.07) is 8.34. The van der Waals surface area contributed by atoms with E-state index in [1.165, 1.54) is 15.6 Å². The Morgan fingerprint density at radius 2 is 2.12 bits per heavy atom. The van der Waals surface area contributed by atoms with Crippen molar-refractivity contribution in [3.63, 3.8) is 0 Å². The first-order valence-corrected chi connectivity index (χ1v) is 9.34. The molecule has 0 aliphatic carbocycles. The lowest BCUT2D eigenvalue weighted by atomic mass is 9.82. The van der Waals surface area contributed by atoms with E-state index in [4.69, 9.17) is 0 Å². The highest BCUT2D eigenvalue weighted by Gasteiger charge is 2.39. The van der Waals surface area contributed by atoms with Gasteiger partial charge in [-0.1, -0.05) is 18.2 Å². The summed E-state index contributed by atoms with van der Waals surface area (Å²) in [6.45, 7) is 2.76. The van der Waals surface area contributed by atoms with Crippen LogP contribution in [0.3, 0.4) is 0 Å². The number of amides is 1. The highest BCUT2D eigenvalue weighted by molar-refractivity contribution is 7.17. The number of nitrogens with zero attached hydrogens (tertiary/aromatic N) is 1. The Kier molecular flexibility index (Phi) is 4.90. The summed E-state index contributed by atoms with van der Waals surface area (Å²) < 4.78 is 1.28. The van der Waals surface area contributed by atoms with E-state index in [-0.39, 0.29) is 5.91 Å². The topological polar surface area (TPSA) is 57.6 Å². The van der Waals surface area contributed by atoms with E-state index in [1.54, 1.807) is 23.2 Å². The number of hydrogen-bond donors (Lipinski definition) is 1. The van der Waals surface area contributed by atoms with Crippen LogP contribution in [0.25, 0.3) is 10.1 Å². The zero-order valence-corrected chi connectivity index (χ0v) is 14.8. The molecule has 0 radical (unpaired) electrons. The molecule has 2 aromatic rings. The van der Waals surface area contributed by atoms with Crippen LogP contribution in [0.5, 0.6) is 0 Å². The number of fused-ring (bicyclic) bond motifs is 1. The molecule has 1 unspecified atom stereocenters. The van der Waals surface area contributed by atoms with Gasteiger partial charge in [0.05, 0.1) is 5.41 Å². The fourth-order valence-corrected chi connectivity index (χ4v) is 4.44. The summed E-state index contributed by atoms with van der Waals surface area (Å²) in [4.78, 5) is 25.6. The maximum Gasteiger partial charge on any atom is 0.311 e. The Hall–Kier alpha value is -1.88.